The largest absolute Gasteiger partial charge is 0.0817 e. The predicted octanol–water partition coefficient (Wildman–Crippen LogP) is 3.87. The third-order valence-electron chi connectivity index (χ3n) is 2.27. The summed E-state index contributed by atoms with van der Waals surface area (Å²) < 4.78 is 0. The molecule has 0 fully saturated rings. The zero-order valence-corrected chi connectivity index (χ0v) is 8.09. The van der Waals surface area contributed by atoms with Crippen LogP contribution < -0.4 is 0 Å². The van der Waals surface area contributed by atoms with Crippen LogP contribution in [0.3, 0.4) is 0 Å². The highest BCUT2D eigenvalue weighted by Crippen LogP contribution is 2.14. The second-order valence-electron chi connectivity index (χ2n) is 3.65. The summed E-state index contributed by atoms with van der Waals surface area (Å²) in [6.07, 6.45) is 14.8. The van der Waals surface area contributed by atoms with Crippen molar-refractivity contribution in [3.05, 3.63) is 36.0 Å². The Kier molecular flexibility index (Phi) is 3.86. The van der Waals surface area contributed by atoms with Gasteiger partial charge in [-0.05, 0) is 32.1 Å². The van der Waals surface area contributed by atoms with E-state index in [0.29, 0.717) is 0 Å². The van der Waals surface area contributed by atoms with E-state index in [4.69, 9.17) is 0 Å². The van der Waals surface area contributed by atoms with E-state index in [1.807, 2.05) is 0 Å². The molecule has 0 saturated heterocycles. The van der Waals surface area contributed by atoms with Gasteiger partial charge in [0, 0.05) is 0 Å². The highest BCUT2D eigenvalue weighted by atomic mass is 14.0. The number of hydrogen-bond acceptors (Lipinski definition) is 0. The zero-order valence-electron chi connectivity index (χ0n) is 8.09. The van der Waals surface area contributed by atoms with Crippen LogP contribution in [0.15, 0.2) is 36.0 Å². The molecule has 1 aliphatic rings. The third-order valence-corrected chi connectivity index (χ3v) is 2.27. The molecule has 1 rings (SSSR count). The van der Waals surface area contributed by atoms with Crippen molar-refractivity contribution in [2.24, 2.45) is 5.92 Å². The fourth-order valence-electron chi connectivity index (χ4n) is 1.42. The summed E-state index contributed by atoms with van der Waals surface area (Å²) in [5.74, 6) is 0.737. The monoisotopic (exact) mass is 162 g/mol. The topological polar surface area (TPSA) is 0 Å². The summed E-state index contributed by atoms with van der Waals surface area (Å²) >= 11 is 0. The van der Waals surface area contributed by atoms with Gasteiger partial charge in [-0.3, -0.25) is 0 Å². The van der Waals surface area contributed by atoms with Crippen LogP contribution in [0, 0.1) is 5.92 Å². The Morgan fingerprint density at radius 2 is 2.08 bits per heavy atom. The van der Waals surface area contributed by atoms with Crippen LogP contribution in [0.2, 0.25) is 0 Å². The smallest absolute Gasteiger partial charge is 0.0259 e. The average Bonchev–Trinajstić information content (AvgIpc) is 2.04. The van der Waals surface area contributed by atoms with Crippen molar-refractivity contribution in [1.29, 1.82) is 0 Å². The summed E-state index contributed by atoms with van der Waals surface area (Å²) in [4.78, 5) is 0. The first-order chi connectivity index (χ1) is 5.79. The van der Waals surface area contributed by atoms with Gasteiger partial charge < -0.3 is 0 Å². The Morgan fingerprint density at radius 3 is 2.92 bits per heavy atom. The van der Waals surface area contributed by atoms with Crippen LogP contribution in [0.5, 0.6) is 0 Å². The standard InChI is InChI=1S/C12H18/c1-11-7-4-3-5-8-12(2)10-6-9-11/h3-5,7-8,11H,6,9-10H2,1-2H3/b5-3-,7-4+,12-8+. The third kappa shape index (κ3) is 3.56. The van der Waals surface area contributed by atoms with Gasteiger partial charge in [-0.2, -0.15) is 0 Å². The van der Waals surface area contributed by atoms with E-state index in [-0.39, 0.29) is 0 Å². The fraction of sp³-hybridized carbons (Fsp3) is 0.500. The summed E-state index contributed by atoms with van der Waals surface area (Å²) in [5, 5.41) is 0. The zero-order chi connectivity index (χ0) is 8.81. The molecule has 0 aromatic heterocycles. The summed E-state index contributed by atoms with van der Waals surface area (Å²) in [7, 11) is 0. The first-order valence-corrected chi connectivity index (χ1v) is 4.79. The van der Waals surface area contributed by atoms with Crippen molar-refractivity contribution in [2.75, 3.05) is 0 Å². The van der Waals surface area contributed by atoms with Gasteiger partial charge in [-0.25, -0.2) is 0 Å². The van der Waals surface area contributed by atoms with Gasteiger partial charge in [-0.15, -0.1) is 0 Å². The lowest BCUT2D eigenvalue weighted by Gasteiger charge is -2.06. The van der Waals surface area contributed by atoms with Crippen molar-refractivity contribution in [3.8, 4) is 0 Å². The molecule has 12 heavy (non-hydrogen) atoms. The minimum absolute atomic E-state index is 0.737. The van der Waals surface area contributed by atoms with Crippen LogP contribution in [-0.2, 0) is 0 Å². The van der Waals surface area contributed by atoms with Crippen LogP contribution >= 0.6 is 0 Å². The molecule has 0 aromatic rings. The van der Waals surface area contributed by atoms with Crippen molar-refractivity contribution < 1.29 is 0 Å². The number of hydrogen-bond donors (Lipinski definition) is 0. The predicted molar refractivity (Wildman–Crippen MR) is 55.1 cm³/mol. The van der Waals surface area contributed by atoms with E-state index in [9.17, 15) is 0 Å². The normalized spacial score (nSPS) is 34.8. The second kappa shape index (κ2) is 4.97. The van der Waals surface area contributed by atoms with Crippen molar-refractivity contribution in [3.63, 3.8) is 0 Å². The highest BCUT2D eigenvalue weighted by Gasteiger charge is 1.97. The van der Waals surface area contributed by atoms with Crippen molar-refractivity contribution in [2.45, 2.75) is 33.1 Å². The minimum Gasteiger partial charge on any atom is -0.0817 e. The van der Waals surface area contributed by atoms with E-state index in [1.165, 1.54) is 24.8 Å². The maximum atomic E-state index is 2.28. The van der Waals surface area contributed by atoms with Gasteiger partial charge in [0.25, 0.3) is 0 Å². The Bertz CT molecular complexity index is 206. The molecule has 1 unspecified atom stereocenters. The van der Waals surface area contributed by atoms with Gasteiger partial charge in [0.15, 0.2) is 0 Å². The molecule has 0 radical (unpaired) electrons. The maximum Gasteiger partial charge on any atom is -0.0259 e. The molecule has 0 spiro atoms. The summed E-state index contributed by atoms with van der Waals surface area (Å²) in [5.41, 5.74) is 1.49. The quantitative estimate of drug-likeness (QED) is 0.507. The Morgan fingerprint density at radius 1 is 1.25 bits per heavy atom. The lowest BCUT2D eigenvalue weighted by Crippen LogP contribution is -1.90. The molecular formula is C12H18. The lowest BCUT2D eigenvalue weighted by atomic mass is 10.00. The Hall–Kier alpha value is -0.780. The molecule has 0 heteroatoms. The molecule has 0 aromatic carbocycles. The Labute approximate surface area is 75.7 Å². The molecule has 0 saturated carbocycles. The van der Waals surface area contributed by atoms with Crippen LogP contribution in [0.4, 0.5) is 0 Å². The molecule has 0 bridgehead atoms. The second-order valence-corrected chi connectivity index (χ2v) is 3.65. The van der Waals surface area contributed by atoms with E-state index < -0.39 is 0 Å². The van der Waals surface area contributed by atoms with Crippen molar-refractivity contribution in [1.82, 2.24) is 0 Å². The first kappa shape index (κ1) is 9.31. The molecule has 1 atom stereocenters. The van der Waals surface area contributed by atoms with E-state index in [0.717, 1.165) is 5.92 Å². The molecule has 66 valence electrons. The van der Waals surface area contributed by atoms with Gasteiger partial charge in [-0.1, -0.05) is 42.9 Å². The number of allylic oxidation sites excluding steroid dienone is 6. The molecule has 0 nitrogen and oxygen atoms in total. The highest BCUT2D eigenvalue weighted by molar-refractivity contribution is 5.16. The van der Waals surface area contributed by atoms with Crippen molar-refractivity contribution >= 4 is 0 Å². The van der Waals surface area contributed by atoms with Gasteiger partial charge in [0.2, 0.25) is 0 Å². The molecule has 0 N–H and O–H groups in total. The van der Waals surface area contributed by atoms with Gasteiger partial charge in [0.05, 0.1) is 0 Å². The van der Waals surface area contributed by atoms with Gasteiger partial charge >= 0.3 is 0 Å². The van der Waals surface area contributed by atoms with Crippen LogP contribution in [0.1, 0.15) is 33.1 Å². The molecule has 1 aliphatic carbocycles. The minimum atomic E-state index is 0.737. The number of rotatable bonds is 0. The lowest BCUT2D eigenvalue weighted by molar-refractivity contribution is 0.604. The van der Waals surface area contributed by atoms with E-state index >= 15 is 0 Å². The van der Waals surface area contributed by atoms with Gasteiger partial charge in [0.1, 0.15) is 0 Å². The summed E-state index contributed by atoms with van der Waals surface area (Å²) in [6, 6.07) is 0. The van der Waals surface area contributed by atoms with E-state index in [1.54, 1.807) is 0 Å². The van der Waals surface area contributed by atoms with Crippen LogP contribution in [-0.4, -0.2) is 0 Å². The maximum absolute atomic E-state index is 2.28. The Balaban J connectivity index is 2.59. The van der Waals surface area contributed by atoms with E-state index in [2.05, 4.69) is 44.2 Å². The molecular weight excluding hydrogens is 144 g/mol. The summed E-state index contributed by atoms with van der Waals surface area (Å²) in [6.45, 7) is 4.49. The molecule has 0 amide bonds. The van der Waals surface area contributed by atoms with Crippen LogP contribution in [0.25, 0.3) is 0 Å². The molecule has 0 aliphatic heterocycles. The molecule has 0 heterocycles. The average molecular weight is 162 g/mol. The fourth-order valence-corrected chi connectivity index (χ4v) is 1.42. The first-order valence-electron chi connectivity index (χ1n) is 4.79. The SMILES string of the molecule is C\C1=C/C=C\C=C\C(C)CCC1.